The van der Waals surface area contributed by atoms with E-state index in [9.17, 15) is 15.3 Å². The second-order valence-electron chi connectivity index (χ2n) is 15.0. The standard InChI is InChI=1S/C39H86N6O9/c1-33(22-40)10-4-13-43-25-36(46)28-49-16-7-18-52-31-39(54-21-9-20-51-30-38(48)27-45-15-6-12-35(3)24-42)32-53-19-8-17-50-29-37(47)26-44-14-5-11-34(2)23-41/h33-39,43-48H,4-32,40-42H2,1-3H3. The van der Waals surface area contributed by atoms with Gasteiger partial charge in [0, 0.05) is 59.3 Å². The smallest absolute Gasteiger partial charge is 0.104 e. The van der Waals surface area contributed by atoms with Crippen LogP contribution in [0.4, 0.5) is 0 Å². The number of rotatable bonds is 44. The SMILES string of the molecule is CC(CN)CCCNCC(O)COCCCOCC(COCCCOCC(O)CNCCCC(C)CN)OCCCOCC(O)CNCCCC(C)CN. The van der Waals surface area contributed by atoms with Gasteiger partial charge in [0.15, 0.2) is 0 Å². The third-order valence-corrected chi connectivity index (χ3v) is 8.98. The fourth-order valence-corrected chi connectivity index (χ4v) is 5.23. The Labute approximate surface area is 328 Å². The third-order valence-electron chi connectivity index (χ3n) is 8.98. The van der Waals surface area contributed by atoms with Gasteiger partial charge >= 0.3 is 0 Å². The van der Waals surface area contributed by atoms with E-state index in [2.05, 4.69) is 36.7 Å². The lowest BCUT2D eigenvalue weighted by Crippen LogP contribution is -2.31. The van der Waals surface area contributed by atoms with Crippen LogP contribution >= 0.6 is 0 Å². The molecule has 0 heterocycles. The van der Waals surface area contributed by atoms with Crippen LogP contribution in [0, 0.1) is 17.8 Å². The van der Waals surface area contributed by atoms with Crippen LogP contribution in [-0.2, 0) is 28.4 Å². The molecule has 6 atom stereocenters. The molecule has 15 nitrogen and oxygen atoms in total. The largest absolute Gasteiger partial charge is 0.389 e. The van der Waals surface area contributed by atoms with Gasteiger partial charge in [-0.15, -0.1) is 0 Å². The molecule has 15 heteroatoms. The molecule has 0 amide bonds. The van der Waals surface area contributed by atoms with Crippen LogP contribution in [0.1, 0.15) is 78.6 Å². The van der Waals surface area contributed by atoms with Gasteiger partial charge in [0.05, 0.1) is 51.3 Å². The lowest BCUT2D eigenvalue weighted by Gasteiger charge is -2.19. The first-order valence-corrected chi connectivity index (χ1v) is 21.0. The van der Waals surface area contributed by atoms with Gasteiger partial charge < -0.3 is 76.9 Å². The van der Waals surface area contributed by atoms with Crippen LogP contribution in [0.2, 0.25) is 0 Å². The summed E-state index contributed by atoms with van der Waals surface area (Å²) in [5.41, 5.74) is 17.0. The molecule has 0 aromatic rings. The van der Waals surface area contributed by atoms with E-state index in [0.29, 0.717) is 129 Å². The van der Waals surface area contributed by atoms with Crippen LogP contribution < -0.4 is 33.2 Å². The highest BCUT2D eigenvalue weighted by molar-refractivity contribution is 4.63. The molecule has 0 bridgehead atoms. The third kappa shape index (κ3) is 38.3. The van der Waals surface area contributed by atoms with Crippen molar-refractivity contribution >= 4 is 0 Å². The minimum absolute atomic E-state index is 0.245. The second-order valence-corrected chi connectivity index (χ2v) is 15.0. The minimum atomic E-state index is -0.554. The highest BCUT2D eigenvalue weighted by Gasteiger charge is 2.12. The summed E-state index contributed by atoms with van der Waals surface area (Å²) in [4.78, 5) is 0. The maximum Gasteiger partial charge on any atom is 0.104 e. The number of nitrogens with two attached hydrogens (primary N) is 3. The fourth-order valence-electron chi connectivity index (χ4n) is 5.23. The molecule has 0 saturated heterocycles. The van der Waals surface area contributed by atoms with Crippen LogP contribution in [0.3, 0.4) is 0 Å². The molecule has 0 aliphatic rings. The monoisotopic (exact) mass is 783 g/mol. The van der Waals surface area contributed by atoms with Gasteiger partial charge in [-0.2, -0.15) is 0 Å². The molecule has 6 unspecified atom stereocenters. The summed E-state index contributed by atoms with van der Waals surface area (Å²) in [5.74, 6) is 1.57. The van der Waals surface area contributed by atoms with Gasteiger partial charge in [-0.1, -0.05) is 20.8 Å². The van der Waals surface area contributed by atoms with Crippen LogP contribution in [0.5, 0.6) is 0 Å². The Kier molecular flexibility index (Phi) is 40.1. The topological polar surface area (TPSA) is 230 Å². The number of ether oxygens (including phenoxy) is 6. The summed E-state index contributed by atoms with van der Waals surface area (Å²) in [7, 11) is 0. The van der Waals surface area contributed by atoms with Crippen molar-refractivity contribution in [3.05, 3.63) is 0 Å². The molecular weight excluding hydrogens is 696 g/mol. The van der Waals surface area contributed by atoms with Gasteiger partial charge in [-0.05, 0) is 115 Å². The minimum Gasteiger partial charge on any atom is -0.389 e. The van der Waals surface area contributed by atoms with Crippen LogP contribution in [-0.4, -0.2) is 171 Å². The van der Waals surface area contributed by atoms with E-state index in [1.165, 1.54) is 0 Å². The molecule has 326 valence electrons. The van der Waals surface area contributed by atoms with Gasteiger partial charge in [-0.3, -0.25) is 0 Å². The van der Waals surface area contributed by atoms with Crippen LogP contribution in [0.15, 0.2) is 0 Å². The Balaban J connectivity index is 4.23. The Hall–Kier alpha value is -0.600. The summed E-state index contributed by atoms with van der Waals surface area (Å²) >= 11 is 0. The van der Waals surface area contributed by atoms with E-state index < -0.39 is 18.3 Å². The predicted molar refractivity (Wildman–Crippen MR) is 217 cm³/mol. The maximum absolute atomic E-state index is 10.2. The summed E-state index contributed by atoms with van der Waals surface area (Å²) in [6, 6.07) is 0. The zero-order chi connectivity index (χ0) is 39.9. The van der Waals surface area contributed by atoms with Crippen molar-refractivity contribution in [2.75, 3.05) is 132 Å². The molecule has 0 aliphatic heterocycles. The molecule has 54 heavy (non-hydrogen) atoms. The molecule has 0 rings (SSSR count). The predicted octanol–water partition coefficient (Wildman–Crippen LogP) is 0.601. The second kappa shape index (κ2) is 40.6. The molecule has 12 N–H and O–H groups in total. The van der Waals surface area contributed by atoms with Crippen molar-refractivity contribution in [2.24, 2.45) is 35.0 Å². The summed E-state index contributed by atoms with van der Waals surface area (Å²) in [6.45, 7) is 17.2. The van der Waals surface area contributed by atoms with Crippen LogP contribution in [0.25, 0.3) is 0 Å². The first-order valence-electron chi connectivity index (χ1n) is 21.0. The van der Waals surface area contributed by atoms with Crippen molar-refractivity contribution < 1.29 is 43.7 Å². The average molecular weight is 783 g/mol. The molecular formula is C39H86N6O9. The molecule has 0 aromatic carbocycles. The molecule has 0 saturated carbocycles. The van der Waals surface area contributed by atoms with Gasteiger partial charge in [0.2, 0.25) is 0 Å². The van der Waals surface area contributed by atoms with E-state index in [1.54, 1.807) is 0 Å². The molecule has 0 spiro atoms. The Morgan fingerprint density at radius 2 is 0.722 bits per heavy atom. The van der Waals surface area contributed by atoms with Crippen molar-refractivity contribution in [3.8, 4) is 0 Å². The van der Waals surface area contributed by atoms with E-state index in [1.807, 2.05) is 0 Å². The molecule has 0 radical (unpaired) electrons. The van der Waals surface area contributed by atoms with Crippen molar-refractivity contribution in [2.45, 2.75) is 103 Å². The normalized spacial score (nSPS) is 15.9. The quantitative estimate of drug-likeness (QED) is 0.0386. The molecule has 0 aliphatic carbocycles. The highest BCUT2D eigenvalue weighted by Crippen LogP contribution is 2.04. The number of aliphatic hydroxyl groups is 3. The summed E-state index contributed by atoms with van der Waals surface area (Å²) in [5, 5.41) is 40.3. The summed E-state index contributed by atoms with van der Waals surface area (Å²) in [6.07, 6.45) is 6.56. The van der Waals surface area contributed by atoms with E-state index >= 15 is 0 Å². The summed E-state index contributed by atoms with van der Waals surface area (Å²) < 4.78 is 34.8. The molecule has 0 fully saturated rings. The van der Waals surface area contributed by atoms with Gasteiger partial charge in [0.25, 0.3) is 0 Å². The zero-order valence-electron chi connectivity index (χ0n) is 34.6. The lowest BCUT2D eigenvalue weighted by atomic mass is 10.1. The first kappa shape index (κ1) is 53.4. The average Bonchev–Trinajstić information content (AvgIpc) is 3.17. The number of hydrogen-bond acceptors (Lipinski definition) is 15. The number of aliphatic hydroxyl groups excluding tert-OH is 3. The van der Waals surface area contributed by atoms with E-state index in [4.69, 9.17) is 45.6 Å². The maximum atomic E-state index is 10.2. The van der Waals surface area contributed by atoms with Gasteiger partial charge in [0.1, 0.15) is 6.10 Å². The number of hydrogen-bond donors (Lipinski definition) is 9. The Bertz CT molecular complexity index is 715. The van der Waals surface area contributed by atoms with Crippen molar-refractivity contribution in [1.82, 2.24) is 16.0 Å². The zero-order valence-corrected chi connectivity index (χ0v) is 34.6. The molecule has 0 aromatic heterocycles. The fraction of sp³-hybridized carbons (Fsp3) is 1.00. The van der Waals surface area contributed by atoms with E-state index in [-0.39, 0.29) is 25.9 Å². The highest BCUT2D eigenvalue weighted by atomic mass is 16.6. The Morgan fingerprint density at radius 3 is 1.04 bits per heavy atom. The number of nitrogens with one attached hydrogen (secondary N) is 3. The lowest BCUT2D eigenvalue weighted by molar-refractivity contribution is -0.0697. The van der Waals surface area contributed by atoms with Crippen molar-refractivity contribution in [3.63, 3.8) is 0 Å². The van der Waals surface area contributed by atoms with E-state index in [0.717, 1.165) is 58.2 Å². The van der Waals surface area contributed by atoms with Crippen molar-refractivity contribution in [1.29, 1.82) is 0 Å². The Morgan fingerprint density at radius 1 is 0.426 bits per heavy atom. The first-order chi connectivity index (χ1) is 26.2. The van der Waals surface area contributed by atoms with Gasteiger partial charge in [-0.25, -0.2) is 0 Å².